The minimum absolute atomic E-state index is 0.197. The molecule has 1 atom stereocenters. The number of aliphatic hydroxyl groups is 1. The summed E-state index contributed by atoms with van der Waals surface area (Å²) in [6.07, 6.45) is 0.0298. The SMILES string of the molecule is CC(C)(C)OC(=O)NC(CO)CCCNC(=O)OCc1ccccc1. The molecule has 1 rings (SSSR count). The number of alkyl carbamates (subject to hydrolysis) is 2. The van der Waals surface area contributed by atoms with Crippen LogP contribution in [-0.4, -0.2) is 42.1 Å². The van der Waals surface area contributed by atoms with Gasteiger partial charge in [-0.15, -0.1) is 0 Å². The van der Waals surface area contributed by atoms with Gasteiger partial charge in [-0.1, -0.05) is 30.3 Å². The fraction of sp³-hybridized carbons (Fsp3) is 0.556. The lowest BCUT2D eigenvalue weighted by Crippen LogP contribution is -2.41. The zero-order valence-electron chi connectivity index (χ0n) is 15.1. The molecule has 0 bridgehead atoms. The van der Waals surface area contributed by atoms with Crippen LogP contribution in [0.4, 0.5) is 9.59 Å². The van der Waals surface area contributed by atoms with Crippen molar-refractivity contribution in [3.8, 4) is 0 Å². The van der Waals surface area contributed by atoms with Gasteiger partial charge in [-0.2, -0.15) is 0 Å². The van der Waals surface area contributed by atoms with E-state index in [1.165, 1.54) is 0 Å². The first-order chi connectivity index (χ1) is 11.8. The lowest BCUT2D eigenvalue weighted by Gasteiger charge is -2.22. The van der Waals surface area contributed by atoms with Crippen molar-refractivity contribution in [2.75, 3.05) is 13.2 Å². The van der Waals surface area contributed by atoms with Crippen LogP contribution in [0.5, 0.6) is 0 Å². The predicted octanol–water partition coefficient (Wildman–Crippen LogP) is 2.58. The van der Waals surface area contributed by atoms with Gasteiger partial charge in [-0.05, 0) is 39.2 Å². The normalized spacial score (nSPS) is 12.2. The molecule has 0 saturated carbocycles. The van der Waals surface area contributed by atoms with E-state index >= 15 is 0 Å². The minimum Gasteiger partial charge on any atom is -0.445 e. The molecule has 140 valence electrons. The topological polar surface area (TPSA) is 96.9 Å². The van der Waals surface area contributed by atoms with Crippen molar-refractivity contribution in [1.82, 2.24) is 10.6 Å². The van der Waals surface area contributed by atoms with Crippen molar-refractivity contribution in [2.45, 2.75) is 51.9 Å². The van der Waals surface area contributed by atoms with Gasteiger partial charge >= 0.3 is 12.2 Å². The van der Waals surface area contributed by atoms with Gasteiger partial charge in [0.05, 0.1) is 12.6 Å². The summed E-state index contributed by atoms with van der Waals surface area (Å²) < 4.78 is 10.2. The highest BCUT2D eigenvalue weighted by Gasteiger charge is 2.19. The molecular weight excluding hydrogens is 324 g/mol. The fourth-order valence-electron chi connectivity index (χ4n) is 2.00. The number of carbonyl (C=O) groups excluding carboxylic acids is 2. The van der Waals surface area contributed by atoms with Gasteiger partial charge in [-0.25, -0.2) is 9.59 Å². The molecule has 2 amide bonds. The number of benzene rings is 1. The van der Waals surface area contributed by atoms with Crippen LogP contribution in [0, 0.1) is 0 Å². The van der Waals surface area contributed by atoms with Crippen LogP contribution >= 0.6 is 0 Å². The summed E-state index contributed by atoms with van der Waals surface area (Å²) in [5.74, 6) is 0. The Morgan fingerprint density at radius 2 is 1.84 bits per heavy atom. The Bertz CT molecular complexity index is 528. The van der Waals surface area contributed by atoms with Crippen LogP contribution in [0.25, 0.3) is 0 Å². The van der Waals surface area contributed by atoms with E-state index in [1.807, 2.05) is 30.3 Å². The summed E-state index contributed by atoms with van der Waals surface area (Å²) in [6.45, 7) is 5.71. The molecule has 0 aliphatic heterocycles. The Hall–Kier alpha value is -2.28. The summed E-state index contributed by atoms with van der Waals surface area (Å²) in [4.78, 5) is 23.2. The largest absolute Gasteiger partial charge is 0.445 e. The van der Waals surface area contributed by atoms with Crippen molar-refractivity contribution in [3.63, 3.8) is 0 Å². The maximum Gasteiger partial charge on any atom is 0.407 e. The Morgan fingerprint density at radius 3 is 2.44 bits per heavy atom. The molecule has 3 N–H and O–H groups in total. The summed E-state index contributed by atoms with van der Waals surface area (Å²) in [5, 5.41) is 14.5. The van der Waals surface area contributed by atoms with Gasteiger partial charge < -0.3 is 25.2 Å². The standard InChI is InChI=1S/C18H28N2O5/c1-18(2,3)25-17(23)20-15(12-21)10-7-11-19-16(22)24-13-14-8-5-4-6-9-14/h4-6,8-9,15,21H,7,10-13H2,1-3H3,(H,19,22)(H,20,23). The van der Waals surface area contributed by atoms with E-state index in [9.17, 15) is 14.7 Å². The molecule has 0 radical (unpaired) electrons. The van der Waals surface area contributed by atoms with Crippen molar-refractivity contribution in [3.05, 3.63) is 35.9 Å². The molecule has 0 heterocycles. The van der Waals surface area contributed by atoms with Crippen molar-refractivity contribution in [2.24, 2.45) is 0 Å². The van der Waals surface area contributed by atoms with E-state index in [2.05, 4.69) is 10.6 Å². The average Bonchev–Trinajstić information content (AvgIpc) is 2.55. The first-order valence-electron chi connectivity index (χ1n) is 8.35. The number of aliphatic hydroxyl groups excluding tert-OH is 1. The van der Waals surface area contributed by atoms with E-state index in [1.54, 1.807) is 20.8 Å². The van der Waals surface area contributed by atoms with E-state index in [-0.39, 0.29) is 13.2 Å². The van der Waals surface area contributed by atoms with Gasteiger partial charge in [0.25, 0.3) is 0 Å². The highest BCUT2D eigenvalue weighted by atomic mass is 16.6. The molecule has 1 aromatic carbocycles. The van der Waals surface area contributed by atoms with Crippen molar-refractivity contribution in [1.29, 1.82) is 0 Å². The maximum absolute atomic E-state index is 11.7. The average molecular weight is 352 g/mol. The van der Waals surface area contributed by atoms with Crippen LogP contribution in [0.1, 0.15) is 39.2 Å². The number of hydrogen-bond acceptors (Lipinski definition) is 5. The van der Waals surface area contributed by atoms with Gasteiger partial charge in [0.1, 0.15) is 12.2 Å². The van der Waals surface area contributed by atoms with Crippen LogP contribution in [0.3, 0.4) is 0 Å². The zero-order valence-corrected chi connectivity index (χ0v) is 15.1. The van der Waals surface area contributed by atoms with Crippen LogP contribution in [0.2, 0.25) is 0 Å². The molecule has 0 saturated heterocycles. The third-order valence-electron chi connectivity index (χ3n) is 3.15. The number of rotatable bonds is 8. The molecule has 0 fully saturated rings. The molecule has 0 aliphatic carbocycles. The lowest BCUT2D eigenvalue weighted by atomic mass is 10.1. The summed E-state index contributed by atoms with van der Waals surface area (Å²) in [6, 6.07) is 8.99. The maximum atomic E-state index is 11.7. The highest BCUT2D eigenvalue weighted by molar-refractivity contribution is 5.68. The molecule has 0 spiro atoms. The molecule has 7 heteroatoms. The third-order valence-corrected chi connectivity index (χ3v) is 3.15. The molecule has 1 aromatic rings. The first kappa shape index (κ1) is 20.8. The van der Waals surface area contributed by atoms with Gasteiger partial charge in [0, 0.05) is 6.54 Å². The number of hydrogen-bond donors (Lipinski definition) is 3. The van der Waals surface area contributed by atoms with Crippen LogP contribution < -0.4 is 10.6 Å². The summed E-state index contributed by atoms with van der Waals surface area (Å²) in [5.41, 5.74) is 0.327. The molecule has 25 heavy (non-hydrogen) atoms. The van der Waals surface area contributed by atoms with E-state index in [4.69, 9.17) is 9.47 Å². The van der Waals surface area contributed by atoms with Crippen LogP contribution in [0.15, 0.2) is 30.3 Å². The number of amides is 2. The first-order valence-corrected chi connectivity index (χ1v) is 8.35. The second-order valence-corrected chi connectivity index (χ2v) is 6.66. The van der Waals surface area contributed by atoms with Gasteiger partial charge in [-0.3, -0.25) is 0 Å². The predicted molar refractivity (Wildman–Crippen MR) is 94.1 cm³/mol. The van der Waals surface area contributed by atoms with Crippen molar-refractivity contribution >= 4 is 12.2 Å². The second-order valence-electron chi connectivity index (χ2n) is 6.66. The zero-order chi connectivity index (χ0) is 18.7. The number of carbonyl (C=O) groups is 2. The molecular formula is C18H28N2O5. The van der Waals surface area contributed by atoms with E-state index in [0.29, 0.717) is 19.4 Å². The molecule has 0 aliphatic rings. The smallest absolute Gasteiger partial charge is 0.407 e. The molecule has 7 nitrogen and oxygen atoms in total. The fourth-order valence-corrected chi connectivity index (χ4v) is 2.00. The quantitative estimate of drug-likeness (QED) is 0.625. The lowest BCUT2D eigenvalue weighted by molar-refractivity contribution is 0.0478. The summed E-state index contributed by atoms with van der Waals surface area (Å²) >= 11 is 0. The number of ether oxygens (including phenoxy) is 2. The Balaban J connectivity index is 2.17. The van der Waals surface area contributed by atoms with Crippen molar-refractivity contribution < 1.29 is 24.2 Å². The highest BCUT2D eigenvalue weighted by Crippen LogP contribution is 2.07. The summed E-state index contributed by atoms with van der Waals surface area (Å²) in [7, 11) is 0. The Morgan fingerprint density at radius 1 is 1.16 bits per heavy atom. The monoisotopic (exact) mass is 352 g/mol. The minimum atomic E-state index is -0.589. The molecule has 0 aromatic heterocycles. The third kappa shape index (κ3) is 10.2. The Labute approximate surface area is 148 Å². The van der Waals surface area contributed by atoms with Gasteiger partial charge in [0.2, 0.25) is 0 Å². The second kappa shape index (κ2) is 10.6. The Kier molecular flexibility index (Phi) is 8.77. The van der Waals surface area contributed by atoms with E-state index < -0.39 is 23.8 Å². The van der Waals surface area contributed by atoms with Gasteiger partial charge in [0.15, 0.2) is 0 Å². The van der Waals surface area contributed by atoms with Crippen LogP contribution in [-0.2, 0) is 16.1 Å². The number of nitrogens with one attached hydrogen (secondary N) is 2. The van der Waals surface area contributed by atoms with E-state index in [0.717, 1.165) is 5.56 Å². The molecule has 1 unspecified atom stereocenters.